The number of allylic oxidation sites excluding steroid dienone is 1. The van der Waals surface area contributed by atoms with Crippen LogP contribution in [0.15, 0.2) is 42.0 Å². The Hall–Kier alpha value is -2.30. The van der Waals surface area contributed by atoms with E-state index in [-0.39, 0.29) is 11.6 Å². The van der Waals surface area contributed by atoms with Crippen molar-refractivity contribution in [3.63, 3.8) is 0 Å². The summed E-state index contributed by atoms with van der Waals surface area (Å²) in [6, 6.07) is 8.66. The molecule has 5 heteroatoms. The minimum Gasteiger partial charge on any atom is -0.406 e. The molecule has 0 spiro atoms. The van der Waals surface area contributed by atoms with Gasteiger partial charge in [0.1, 0.15) is 11.6 Å². The van der Waals surface area contributed by atoms with Crippen LogP contribution in [-0.2, 0) is 6.42 Å². The standard InChI is InChI=1S/C23H24F4O/c1-2-3-4-5-6-16-7-8-18-14-21(22(24)15-19(18)13-16)17-9-11-20(12-10-17)28-23(25,26)27/h9-15H,2-8H2,1H3. The van der Waals surface area contributed by atoms with Gasteiger partial charge in [-0.05, 0) is 66.6 Å². The summed E-state index contributed by atoms with van der Waals surface area (Å²) >= 11 is 0. The van der Waals surface area contributed by atoms with E-state index < -0.39 is 6.36 Å². The Balaban J connectivity index is 1.76. The average Bonchev–Trinajstić information content (AvgIpc) is 2.64. The average molecular weight is 392 g/mol. The molecule has 3 rings (SSSR count). The second-order valence-corrected chi connectivity index (χ2v) is 7.22. The highest BCUT2D eigenvalue weighted by atomic mass is 19.4. The molecule has 0 heterocycles. The molecule has 1 nitrogen and oxygen atoms in total. The summed E-state index contributed by atoms with van der Waals surface area (Å²) in [7, 11) is 0. The molecule has 28 heavy (non-hydrogen) atoms. The largest absolute Gasteiger partial charge is 0.573 e. The van der Waals surface area contributed by atoms with Crippen LogP contribution in [0.3, 0.4) is 0 Å². The molecular formula is C23H24F4O. The highest BCUT2D eigenvalue weighted by Gasteiger charge is 2.31. The lowest BCUT2D eigenvalue weighted by atomic mass is 9.87. The maximum Gasteiger partial charge on any atom is 0.573 e. The predicted molar refractivity (Wildman–Crippen MR) is 104 cm³/mol. The third-order valence-corrected chi connectivity index (χ3v) is 5.05. The lowest BCUT2D eigenvalue weighted by Crippen LogP contribution is -2.16. The van der Waals surface area contributed by atoms with Crippen LogP contribution in [0.4, 0.5) is 17.6 Å². The Kier molecular flexibility index (Phi) is 6.42. The van der Waals surface area contributed by atoms with Crippen molar-refractivity contribution in [3.05, 3.63) is 58.9 Å². The van der Waals surface area contributed by atoms with E-state index in [1.165, 1.54) is 61.6 Å². The van der Waals surface area contributed by atoms with Gasteiger partial charge >= 0.3 is 6.36 Å². The van der Waals surface area contributed by atoms with Gasteiger partial charge in [-0.15, -0.1) is 13.2 Å². The third-order valence-electron chi connectivity index (χ3n) is 5.05. The number of alkyl halides is 3. The lowest BCUT2D eigenvalue weighted by Gasteiger charge is -2.18. The first-order valence-corrected chi connectivity index (χ1v) is 9.74. The number of hydrogen-bond acceptors (Lipinski definition) is 1. The Morgan fingerprint density at radius 1 is 0.964 bits per heavy atom. The summed E-state index contributed by atoms with van der Waals surface area (Å²) in [6.07, 6.45) is 5.10. The van der Waals surface area contributed by atoms with E-state index >= 15 is 0 Å². The van der Waals surface area contributed by atoms with E-state index in [1.54, 1.807) is 0 Å². The van der Waals surface area contributed by atoms with Crippen molar-refractivity contribution in [1.29, 1.82) is 0 Å². The second kappa shape index (κ2) is 8.80. The van der Waals surface area contributed by atoms with Crippen molar-refractivity contribution in [2.24, 2.45) is 0 Å². The van der Waals surface area contributed by atoms with Gasteiger partial charge in [-0.3, -0.25) is 0 Å². The maximum atomic E-state index is 14.7. The highest BCUT2D eigenvalue weighted by molar-refractivity contribution is 5.70. The Labute approximate surface area is 163 Å². The summed E-state index contributed by atoms with van der Waals surface area (Å²) in [6.45, 7) is 2.19. The second-order valence-electron chi connectivity index (χ2n) is 7.22. The Bertz CT molecular complexity index is 835. The van der Waals surface area contributed by atoms with Crippen LogP contribution in [0.1, 0.15) is 56.6 Å². The molecule has 0 bridgehead atoms. The molecular weight excluding hydrogens is 368 g/mol. The number of rotatable bonds is 7. The Morgan fingerprint density at radius 2 is 1.71 bits per heavy atom. The molecule has 0 aliphatic heterocycles. The topological polar surface area (TPSA) is 9.23 Å². The van der Waals surface area contributed by atoms with Crippen LogP contribution < -0.4 is 4.74 Å². The van der Waals surface area contributed by atoms with Crippen LogP contribution in [0.2, 0.25) is 0 Å². The van der Waals surface area contributed by atoms with Gasteiger partial charge in [0.2, 0.25) is 0 Å². The first-order valence-electron chi connectivity index (χ1n) is 9.74. The molecule has 0 atom stereocenters. The molecule has 150 valence electrons. The van der Waals surface area contributed by atoms with E-state index in [0.717, 1.165) is 30.4 Å². The molecule has 0 aromatic heterocycles. The fourth-order valence-electron chi connectivity index (χ4n) is 3.61. The van der Waals surface area contributed by atoms with Crippen molar-refractivity contribution in [2.45, 2.75) is 58.2 Å². The molecule has 2 aromatic rings. The molecule has 2 aromatic carbocycles. The molecule has 0 radical (unpaired) electrons. The van der Waals surface area contributed by atoms with Crippen LogP contribution in [0.25, 0.3) is 17.2 Å². The molecule has 0 unspecified atom stereocenters. The number of halogens is 4. The van der Waals surface area contributed by atoms with E-state index in [0.29, 0.717) is 11.1 Å². The molecule has 0 fully saturated rings. The van der Waals surface area contributed by atoms with Crippen molar-refractivity contribution in [3.8, 4) is 16.9 Å². The minimum atomic E-state index is -4.74. The SMILES string of the molecule is CCCCCCC1=Cc2cc(F)c(-c3ccc(OC(F)(F)F)cc3)cc2CC1. The third kappa shape index (κ3) is 5.37. The van der Waals surface area contributed by atoms with Gasteiger partial charge in [-0.1, -0.05) is 50.0 Å². The van der Waals surface area contributed by atoms with Crippen LogP contribution in [0, 0.1) is 5.82 Å². The summed E-state index contributed by atoms with van der Waals surface area (Å²) in [4.78, 5) is 0. The summed E-state index contributed by atoms with van der Waals surface area (Å²) in [5.74, 6) is -0.683. The van der Waals surface area contributed by atoms with E-state index in [4.69, 9.17) is 0 Å². The number of hydrogen-bond donors (Lipinski definition) is 0. The zero-order valence-corrected chi connectivity index (χ0v) is 15.9. The highest BCUT2D eigenvalue weighted by Crippen LogP contribution is 2.34. The number of aryl methyl sites for hydroxylation is 1. The van der Waals surface area contributed by atoms with Crippen LogP contribution >= 0.6 is 0 Å². The van der Waals surface area contributed by atoms with Crippen molar-refractivity contribution in [1.82, 2.24) is 0 Å². The normalized spacial score (nSPS) is 13.8. The molecule has 0 amide bonds. The van der Waals surface area contributed by atoms with Crippen LogP contribution in [-0.4, -0.2) is 6.36 Å². The molecule has 0 saturated carbocycles. The number of benzene rings is 2. The first kappa shape index (κ1) is 20.4. The van der Waals surface area contributed by atoms with Crippen LogP contribution in [0.5, 0.6) is 5.75 Å². The first-order chi connectivity index (χ1) is 13.4. The molecule has 0 N–H and O–H groups in total. The van der Waals surface area contributed by atoms with Crippen molar-refractivity contribution >= 4 is 6.08 Å². The summed E-state index contributed by atoms with van der Waals surface area (Å²) in [5, 5.41) is 0. The lowest BCUT2D eigenvalue weighted by molar-refractivity contribution is -0.274. The quantitative estimate of drug-likeness (QED) is 0.347. The fourth-order valence-corrected chi connectivity index (χ4v) is 3.61. The molecule has 0 saturated heterocycles. The minimum absolute atomic E-state index is 0.315. The number of fused-ring (bicyclic) bond motifs is 1. The number of ether oxygens (including phenoxy) is 1. The van der Waals surface area contributed by atoms with Gasteiger partial charge in [0.15, 0.2) is 0 Å². The zero-order chi connectivity index (χ0) is 20.1. The zero-order valence-electron chi connectivity index (χ0n) is 15.9. The maximum absolute atomic E-state index is 14.7. The van der Waals surface area contributed by atoms with Gasteiger partial charge in [0.25, 0.3) is 0 Å². The Morgan fingerprint density at radius 3 is 2.39 bits per heavy atom. The smallest absolute Gasteiger partial charge is 0.406 e. The van der Waals surface area contributed by atoms with E-state index in [2.05, 4.69) is 17.7 Å². The molecule has 1 aliphatic carbocycles. The summed E-state index contributed by atoms with van der Waals surface area (Å²) in [5.41, 5.74) is 4.28. The van der Waals surface area contributed by atoms with Gasteiger partial charge in [0.05, 0.1) is 0 Å². The van der Waals surface area contributed by atoms with Gasteiger partial charge in [-0.2, -0.15) is 0 Å². The van der Waals surface area contributed by atoms with E-state index in [1.807, 2.05) is 6.07 Å². The summed E-state index contributed by atoms with van der Waals surface area (Å²) < 4.78 is 55.4. The van der Waals surface area contributed by atoms with E-state index in [9.17, 15) is 17.6 Å². The fraction of sp³-hybridized carbons (Fsp3) is 0.391. The monoisotopic (exact) mass is 392 g/mol. The van der Waals surface area contributed by atoms with Gasteiger partial charge in [-0.25, -0.2) is 4.39 Å². The van der Waals surface area contributed by atoms with Gasteiger partial charge in [0, 0.05) is 5.56 Å². The van der Waals surface area contributed by atoms with Crippen molar-refractivity contribution in [2.75, 3.05) is 0 Å². The van der Waals surface area contributed by atoms with Crippen molar-refractivity contribution < 1.29 is 22.3 Å². The predicted octanol–water partition coefficient (Wildman–Crippen LogP) is 7.69. The number of unbranched alkanes of at least 4 members (excludes halogenated alkanes) is 3. The molecule has 1 aliphatic rings. The van der Waals surface area contributed by atoms with Gasteiger partial charge < -0.3 is 4.74 Å².